The first kappa shape index (κ1) is 15.6. The smallest absolute Gasteiger partial charge is 0.220 e. The second-order valence-electron chi connectivity index (χ2n) is 6.14. The van der Waals surface area contributed by atoms with E-state index in [1.807, 2.05) is 42.5 Å². The lowest BCUT2D eigenvalue weighted by molar-refractivity contribution is -0.122. The molecule has 3 rings (SSSR count). The van der Waals surface area contributed by atoms with Crippen molar-refractivity contribution in [2.45, 2.75) is 31.7 Å². The lowest BCUT2D eigenvalue weighted by Crippen LogP contribution is -2.30. The zero-order valence-electron chi connectivity index (χ0n) is 13.5. The van der Waals surface area contributed by atoms with Gasteiger partial charge < -0.3 is 10.1 Å². The number of amides is 1. The van der Waals surface area contributed by atoms with Crippen LogP contribution in [0.3, 0.4) is 0 Å². The zero-order valence-corrected chi connectivity index (χ0v) is 13.5. The number of ether oxygens (including phenoxy) is 1. The summed E-state index contributed by atoms with van der Waals surface area (Å²) in [6.07, 6.45) is 3.68. The molecule has 1 atom stereocenters. The molecule has 3 nitrogen and oxygen atoms in total. The van der Waals surface area contributed by atoms with Gasteiger partial charge in [-0.2, -0.15) is 0 Å². The summed E-state index contributed by atoms with van der Waals surface area (Å²) in [6, 6.07) is 18.4. The largest absolute Gasteiger partial charge is 0.497 e. The normalized spacial score (nSPS) is 15.0. The van der Waals surface area contributed by atoms with Crippen LogP contribution in [-0.2, 0) is 11.2 Å². The molecule has 3 heteroatoms. The molecule has 120 valence electrons. The maximum atomic E-state index is 12.3. The third-order valence-corrected chi connectivity index (χ3v) is 4.37. The summed E-state index contributed by atoms with van der Waals surface area (Å²) in [5.74, 6) is 1.57. The Balaban J connectivity index is 1.55. The van der Waals surface area contributed by atoms with Crippen LogP contribution in [0.15, 0.2) is 54.6 Å². The van der Waals surface area contributed by atoms with Crippen molar-refractivity contribution in [2.24, 2.45) is 5.92 Å². The lowest BCUT2D eigenvalue weighted by Gasteiger charge is -2.19. The van der Waals surface area contributed by atoms with Gasteiger partial charge in [-0.25, -0.2) is 0 Å². The number of nitrogens with one attached hydrogen (secondary N) is 1. The highest BCUT2D eigenvalue weighted by molar-refractivity contribution is 5.76. The van der Waals surface area contributed by atoms with E-state index in [4.69, 9.17) is 4.74 Å². The van der Waals surface area contributed by atoms with Crippen LogP contribution in [0.5, 0.6) is 5.75 Å². The van der Waals surface area contributed by atoms with Crippen LogP contribution >= 0.6 is 0 Å². The number of carbonyl (C=O) groups is 1. The molecule has 0 spiro atoms. The average Bonchev–Trinajstić information content (AvgIpc) is 3.44. The van der Waals surface area contributed by atoms with Gasteiger partial charge >= 0.3 is 0 Å². The summed E-state index contributed by atoms with van der Waals surface area (Å²) in [6.45, 7) is 0. The number of hydrogen-bond acceptors (Lipinski definition) is 2. The fourth-order valence-corrected chi connectivity index (χ4v) is 2.86. The van der Waals surface area contributed by atoms with Gasteiger partial charge in [-0.15, -0.1) is 0 Å². The molecule has 2 aromatic carbocycles. The first-order chi connectivity index (χ1) is 11.3. The Morgan fingerprint density at radius 2 is 1.83 bits per heavy atom. The second-order valence-corrected chi connectivity index (χ2v) is 6.14. The first-order valence-corrected chi connectivity index (χ1v) is 8.23. The van der Waals surface area contributed by atoms with Crippen molar-refractivity contribution in [1.82, 2.24) is 5.32 Å². The van der Waals surface area contributed by atoms with Crippen molar-refractivity contribution in [3.63, 3.8) is 0 Å². The molecular formula is C20H23NO2. The van der Waals surface area contributed by atoms with Crippen molar-refractivity contribution in [3.8, 4) is 5.75 Å². The summed E-state index contributed by atoms with van der Waals surface area (Å²) < 4.78 is 5.15. The van der Waals surface area contributed by atoms with Gasteiger partial charge in [0.15, 0.2) is 0 Å². The van der Waals surface area contributed by atoms with Crippen LogP contribution < -0.4 is 10.1 Å². The van der Waals surface area contributed by atoms with Crippen molar-refractivity contribution in [2.75, 3.05) is 7.11 Å². The molecule has 0 aliphatic heterocycles. The van der Waals surface area contributed by atoms with Crippen LogP contribution in [0.4, 0.5) is 0 Å². The van der Waals surface area contributed by atoms with E-state index in [9.17, 15) is 4.79 Å². The van der Waals surface area contributed by atoms with Gasteiger partial charge in [0, 0.05) is 6.42 Å². The van der Waals surface area contributed by atoms with Crippen LogP contribution in [0, 0.1) is 5.92 Å². The maximum Gasteiger partial charge on any atom is 0.220 e. The highest BCUT2D eigenvalue weighted by atomic mass is 16.5. The molecule has 2 aromatic rings. The minimum atomic E-state index is 0.126. The van der Waals surface area contributed by atoms with E-state index in [1.165, 1.54) is 18.4 Å². The fraction of sp³-hybridized carbons (Fsp3) is 0.350. The molecule has 0 bridgehead atoms. The van der Waals surface area contributed by atoms with Crippen LogP contribution in [0.2, 0.25) is 0 Å². The highest BCUT2D eigenvalue weighted by Gasteiger charge is 2.33. The number of methoxy groups -OCH3 is 1. The third-order valence-electron chi connectivity index (χ3n) is 4.37. The molecule has 0 saturated heterocycles. The number of rotatable bonds is 7. The van der Waals surface area contributed by atoms with Gasteiger partial charge in [-0.3, -0.25) is 4.79 Å². The van der Waals surface area contributed by atoms with Gasteiger partial charge in [0.25, 0.3) is 0 Å². The Kier molecular flexibility index (Phi) is 4.96. The minimum absolute atomic E-state index is 0.126. The Labute approximate surface area is 137 Å². The van der Waals surface area contributed by atoms with E-state index in [1.54, 1.807) is 7.11 Å². The topological polar surface area (TPSA) is 38.3 Å². The van der Waals surface area contributed by atoms with E-state index < -0.39 is 0 Å². The van der Waals surface area contributed by atoms with Crippen molar-refractivity contribution in [1.29, 1.82) is 0 Å². The minimum Gasteiger partial charge on any atom is -0.497 e. The Bertz CT molecular complexity index is 632. The molecule has 0 heterocycles. The van der Waals surface area contributed by atoms with Gasteiger partial charge in [0.05, 0.1) is 13.2 Å². The number of carbonyl (C=O) groups excluding carboxylic acids is 1. The van der Waals surface area contributed by atoms with Crippen LogP contribution in [-0.4, -0.2) is 13.0 Å². The second kappa shape index (κ2) is 7.32. The van der Waals surface area contributed by atoms with E-state index in [-0.39, 0.29) is 11.9 Å². The van der Waals surface area contributed by atoms with Crippen molar-refractivity contribution in [3.05, 3.63) is 65.7 Å². The molecule has 1 N–H and O–H groups in total. The fourth-order valence-electron chi connectivity index (χ4n) is 2.86. The quantitative estimate of drug-likeness (QED) is 0.842. The Morgan fingerprint density at radius 1 is 1.13 bits per heavy atom. The SMILES string of the molecule is COc1ccc(CCC(=O)NC(c2ccccc2)C2CC2)cc1. The predicted molar refractivity (Wildman–Crippen MR) is 91.4 cm³/mol. The Morgan fingerprint density at radius 3 is 2.43 bits per heavy atom. The van der Waals surface area contributed by atoms with E-state index in [0.29, 0.717) is 12.3 Å². The summed E-state index contributed by atoms with van der Waals surface area (Å²) in [5, 5.41) is 3.22. The van der Waals surface area contributed by atoms with Gasteiger partial charge in [0.2, 0.25) is 5.91 Å². The average molecular weight is 309 g/mol. The molecule has 0 radical (unpaired) electrons. The number of aryl methyl sites for hydroxylation is 1. The molecular weight excluding hydrogens is 286 g/mol. The summed E-state index contributed by atoms with van der Waals surface area (Å²) in [5.41, 5.74) is 2.37. The first-order valence-electron chi connectivity index (χ1n) is 8.23. The third kappa shape index (κ3) is 4.35. The van der Waals surface area contributed by atoms with Crippen LogP contribution in [0.1, 0.15) is 36.4 Å². The molecule has 23 heavy (non-hydrogen) atoms. The lowest BCUT2D eigenvalue weighted by atomic mass is 10.0. The Hall–Kier alpha value is -2.29. The van der Waals surface area contributed by atoms with Crippen molar-refractivity contribution < 1.29 is 9.53 Å². The van der Waals surface area contributed by atoms with Gasteiger partial charge in [0.1, 0.15) is 5.75 Å². The monoisotopic (exact) mass is 309 g/mol. The van der Waals surface area contributed by atoms with E-state index in [0.717, 1.165) is 17.7 Å². The van der Waals surface area contributed by atoms with Gasteiger partial charge in [-0.1, -0.05) is 42.5 Å². The number of benzene rings is 2. The molecule has 1 aliphatic carbocycles. The summed E-state index contributed by atoms with van der Waals surface area (Å²) in [7, 11) is 1.66. The predicted octanol–water partition coefficient (Wildman–Crippen LogP) is 3.90. The maximum absolute atomic E-state index is 12.3. The van der Waals surface area contributed by atoms with E-state index in [2.05, 4.69) is 17.4 Å². The summed E-state index contributed by atoms with van der Waals surface area (Å²) >= 11 is 0. The van der Waals surface area contributed by atoms with E-state index >= 15 is 0 Å². The number of hydrogen-bond donors (Lipinski definition) is 1. The zero-order chi connectivity index (χ0) is 16.1. The standard InChI is InChI=1S/C20H23NO2/c1-23-18-12-7-15(8-13-18)9-14-19(22)21-20(17-10-11-17)16-5-3-2-4-6-16/h2-8,12-13,17,20H,9-11,14H2,1H3,(H,21,22). The molecule has 0 aromatic heterocycles. The van der Waals surface area contributed by atoms with Crippen LogP contribution in [0.25, 0.3) is 0 Å². The summed E-state index contributed by atoms with van der Waals surface area (Å²) in [4.78, 5) is 12.3. The van der Waals surface area contributed by atoms with Crippen molar-refractivity contribution >= 4 is 5.91 Å². The van der Waals surface area contributed by atoms with Gasteiger partial charge in [-0.05, 0) is 48.4 Å². The highest BCUT2D eigenvalue weighted by Crippen LogP contribution is 2.40. The molecule has 1 aliphatic rings. The molecule has 1 unspecified atom stereocenters. The molecule has 1 saturated carbocycles. The molecule has 1 fully saturated rings. The molecule has 1 amide bonds.